The lowest BCUT2D eigenvalue weighted by atomic mass is 10.3. The Labute approximate surface area is 47.6 Å². The van der Waals surface area contributed by atoms with Crippen molar-refractivity contribution in [1.29, 1.82) is 0 Å². The van der Waals surface area contributed by atoms with Gasteiger partial charge in [-0.15, -0.1) is 10.1 Å². The summed E-state index contributed by atoms with van der Waals surface area (Å²) in [6.07, 6.45) is 0.394. The van der Waals surface area contributed by atoms with Crippen LogP contribution < -0.4 is 0 Å². The highest BCUT2D eigenvalue weighted by Gasteiger charge is 2.01. The summed E-state index contributed by atoms with van der Waals surface area (Å²) in [5.41, 5.74) is 0. The molecule has 1 unspecified atom stereocenters. The van der Waals surface area contributed by atoms with Gasteiger partial charge in [0.1, 0.15) is 6.10 Å². The first-order valence-corrected chi connectivity index (χ1v) is 2.48. The van der Waals surface area contributed by atoms with Crippen LogP contribution in [0.25, 0.3) is 0 Å². The van der Waals surface area contributed by atoms with Crippen molar-refractivity contribution in [3.8, 4) is 0 Å². The van der Waals surface area contributed by atoms with E-state index >= 15 is 0 Å². The lowest BCUT2D eigenvalue weighted by Gasteiger charge is -2.02. The molecule has 0 aliphatic heterocycles. The summed E-state index contributed by atoms with van der Waals surface area (Å²) < 4.78 is 0. The first-order valence-electron chi connectivity index (χ1n) is 2.48. The molecule has 0 N–H and O–H groups in total. The quantitative estimate of drug-likeness (QED) is 0.411. The zero-order valence-corrected chi connectivity index (χ0v) is 4.96. The van der Waals surface area contributed by atoms with Crippen LogP contribution in [0, 0.1) is 10.1 Å². The fourth-order valence-corrected chi connectivity index (χ4v) is 0.221. The molecular weight excluding hydrogens is 110 g/mol. The Kier molecular flexibility index (Phi) is 2.91. The molecule has 0 bridgehead atoms. The Morgan fingerprint density at radius 3 is 2.50 bits per heavy atom. The molecule has 0 saturated heterocycles. The zero-order chi connectivity index (χ0) is 6.57. The second-order valence-electron chi connectivity index (χ2n) is 1.55. The number of nitrogens with zero attached hydrogens (tertiary/aromatic N) is 1. The van der Waals surface area contributed by atoms with E-state index in [4.69, 9.17) is 0 Å². The zero-order valence-electron chi connectivity index (χ0n) is 4.96. The highest BCUT2D eigenvalue weighted by molar-refractivity contribution is 4.37. The molecule has 48 valence electrons. The van der Waals surface area contributed by atoms with Gasteiger partial charge in [-0.3, -0.25) is 0 Å². The maximum absolute atomic E-state index is 9.55. The Hall–Kier alpha value is -0.800. The highest BCUT2D eigenvalue weighted by Crippen LogP contribution is 1.93. The van der Waals surface area contributed by atoms with Gasteiger partial charge in [-0.2, -0.15) is 0 Å². The third kappa shape index (κ3) is 3.39. The fraction of sp³-hybridized carbons (Fsp3) is 1.00. The molecule has 4 heteroatoms. The van der Waals surface area contributed by atoms with Gasteiger partial charge in [0.2, 0.25) is 0 Å². The van der Waals surface area contributed by atoms with Crippen molar-refractivity contribution >= 4 is 0 Å². The molecule has 0 radical (unpaired) electrons. The average Bonchev–Trinajstić information content (AvgIpc) is 1.65. The van der Waals surface area contributed by atoms with Gasteiger partial charge in [-0.05, 0) is 13.3 Å². The molecule has 4 nitrogen and oxygen atoms in total. The van der Waals surface area contributed by atoms with Gasteiger partial charge >= 0.3 is 0 Å². The van der Waals surface area contributed by atoms with Crippen molar-refractivity contribution in [3.05, 3.63) is 10.1 Å². The largest absolute Gasteiger partial charge is 0.311 e. The fourth-order valence-electron chi connectivity index (χ4n) is 0.221. The lowest BCUT2D eigenvalue weighted by molar-refractivity contribution is -0.767. The van der Waals surface area contributed by atoms with Gasteiger partial charge < -0.3 is 4.84 Å². The number of rotatable bonds is 3. The average molecular weight is 119 g/mol. The molecule has 0 aliphatic carbocycles. The van der Waals surface area contributed by atoms with Gasteiger partial charge in [-0.1, -0.05) is 6.92 Å². The third-order valence-electron chi connectivity index (χ3n) is 0.841. The Morgan fingerprint density at radius 1 is 1.88 bits per heavy atom. The second-order valence-corrected chi connectivity index (χ2v) is 1.55. The number of hydrogen-bond acceptors (Lipinski definition) is 3. The monoisotopic (exact) mass is 119 g/mol. The van der Waals surface area contributed by atoms with Crippen molar-refractivity contribution in [2.75, 3.05) is 0 Å². The van der Waals surface area contributed by atoms with Crippen molar-refractivity contribution in [2.24, 2.45) is 0 Å². The van der Waals surface area contributed by atoms with E-state index in [-0.39, 0.29) is 6.10 Å². The molecule has 0 rings (SSSR count). The minimum atomic E-state index is -0.770. The van der Waals surface area contributed by atoms with E-state index in [0.29, 0.717) is 6.42 Å². The molecule has 0 saturated carbocycles. The number of hydrogen-bond donors (Lipinski definition) is 0. The molecule has 0 aromatic heterocycles. The summed E-state index contributed by atoms with van der Waals surface area (Å²) in [6.45, 7) is 3.48. The Morgan fingerprint density at radius 2 is 2.38 bits per heavy atom. The van der Waals surface area contributed by atoms with E-state index < -0.39 is 5.09 Å². The van der Waals surface area contributed by atoms with Gasteiger partial charge in [-0.25, -0.2) is 0 Å². The van der Waals surface area contributed by atoms with Crippen LogP contribution in [0.15, 0.2) is 0 Å². The molecule has 0 heterocycles. The molecule has 0 fully saturated rings. The van der Waals surface area contributed by atoms with Gasteiger partial charge in [0.25, 0.3) is 5.09 Å². The van der Waals surface area contributed by atoms with Gasteiger partial charge in [0, 0.05) is 0 Å². The summed E-state index contributed by atoms with van der Waals surface area (Å²) >= 11 is 0. The normalized spacial score (nSPS) is 12.8. The van der Waals surface area contributed by atoms with Crippen LogP contribution in [0.3, 0.4) is 0 Å². The molecule has 0 aromatic rings. The maximum Gasteiger partial charge on any atom is 0.294 e. The van der Waals surface area contributed by atoms with Crippen molar-refractivity contribution in [1.82, 2.24) is 0 Å². The van der Waals surface area contributed by atoms with Crippen molar-refractivity contribution in [2.45, 2.75) is 26.4 Å². The lowest BCUT2D eigenvalue weighted by Crippen LogP contribution is -2.11. The smallest absolute Gasteiger partial charge is 0.294 e. The van der Waals surface area contributed by atoms with Crippen molar-refractivity contribution in [3.63, 3.8) is 0 Å². The first-order chi connectivity index (χ1) is 3.66. The predicted octanol–water partition coefficient (Wildman–Crippen LogP) is 0.993. The van der Waals surface area contributed by atoms with E-state index in [2.05, 4.69) is 4.84 Å². The Balaban J connectivity index is 3.24. The molecule has 0 aliphatic rings. The third-order valence-corrected chi connectivity index (χ3v) is 0.841. The van der Waals surface area contributed by atoms with Gasteiger partial charge in [0.05, 0.1) is 0 Å². The maximum atomic E-state index is 9.55. The molecule has 0 spiro atoms. The molecule has 8 heavy (non-hydrogen) atoms. The first kappa shape index (κ1) is 7.20. The van der Waals surface area contributed by atoms with Crippen LogP contribution in [0.2, 0.25) is 0 Å². The minimum absolute atomic E-state index is 0.273. The van der Waals surface area contributed by atoms with Crippen LogP contribution in [-0.4, -0.2) is 11.2 Å². The molecular formula is C4H9NO3. The topological polar surface area (TPSA) is 52.4 Å². The highest BCUT2D eigenvalue weighted by atomic mass is 17.0. The molecule has 0 aromatic carbocycles. The molecule has 0 amide bonds. The van der Waals surface area contributed by atoms with Crippen LogP contribution in [0.5, 0.6) is 0 Å². The van der Waals surface area contributed by atoms with Crippen LogP contribution >= 0.6 is 0 Å². The minimum Gasteiger partial charge on any atom is -0.311 e. The molecule has 1 atom stereocenters. The van der Waals surface area contributed by atoms with E-state index in [1.807, 2.05) is 6.92 Å². The standard InChI is InChI=1S/C4H9NO3/c1-3-4(2)8-5(6)7/h4H,3H2,1-2H3. The predicted molar refractivity (Wildman–Crippen MR) is 27.8 cm³/mol. The summed E-state index contributed by atoms with van der Waals surface area (Å²) in [5.74, 6) is 0. The SMILES string of the molecule is CCC(C)O[N+](=O)[O-]. The van der Waals surface area contributed by atoms with E-state index in [0.717, 1.165) is 0 Å². The summed E-state index contributed by atoms with van der Waals surface area (Å²) in [5, 5.41) is 8.78. The summed E-state index contributed by atoms with van der Waals surface area (Å²) in [7, 11) is 0. The summed E-state index contributed by atoms with van der Waals surface area (Å²) in [4.78, 5) is 13.7. The van der Waals surface area contributed by atoms with E-state index in [9.17, 15) is 10.1 Å². The van der Waals surface area contributed by atoms with Gasteiger partial charge in [0.15, 0.2) is 0 Å². The Bertz CT molecular complexity index is 83.4. The van der Waals surface area contributed by atoms with Crippen LogP contribution in [0.1, 0.15) is 20.3 Å². The van der Waals surface area contributed by atoms with E-state index in [1.165, 1.54) is 0 Å². The summed E-state index contributed by atoms with van der Waals surface area (Å²) in [6, 6.07) is 0. The second kappa shape index (κ2) is 3.23. The van der Waals surface area contributed by atoms with Crippen LogP contribution in [-0.2, 0) is 4.84 Å². The van der Waals surface area contributed by atoms with Crippen LogP contribution in [0.4, 0.5) is 0 Å². The van der Waals surface area contributed by atoms with E-state index in [1.54, 1.807) is 6.92 Å². The van der Waals surface area contributed by atoms with Crippen molar-refractivity contribution < 1.29 is 9.92 Å².